The van der Waals surface area contributed by atoms with Gasteiger partial charge in [0.05, 0.1) is 11.0 Å². The van der Waals surface area contributed by atoms with E-state index in [-0.39, 0.29) is 11.7 Å². The van der Waals surface area contributed by atoms with Crippen molar-refractivity contribution in [1.29, 1.82) is 0 Å². The third-order valence-corrected chi connectivity index (χ3v) is 3.11. The summed E-state index contributed by atoms with van der Waals surface area (Å²) in [7, 11) is 0. The summed E-state index contributed by atoms with van der Waals surface area (Å²) in [6.07, 6.45) is 0. The van der Waals surface area contributed by atoms with E-state index in [1.165, 1.54) is 0 Å². The first-order valence-corrected chi connectivity index (χ1v) is 6.51. The summed E-state index contributed by atoms with van der Waals surface area (Å²) in [6, 6.07) is 8.52. The molecule has 1 amide bonds. The Balaban J connectivity index is 1.86. The Labute approximate surface area is 121 Å². The number of nitrogens with zero attached hydrogens (tertiary/aromatic N) is 1. The molecular formula is C12H7BrClN3O2. The fourth-order valence-corrected chi connectivity index (χ4v) is 2.18. The van der Waals surface area contributed by atoms with Crippen molar-refractivity contribution in [1.82, 2.24) is 9.97 Å². The van der Waals surface area contributed by atoms with Crippen LogP contribution >= 0.6 is 27.5 Å². The fraction of sp³-hybridized carbons (Fsp3) is 0. The molecule has 2 N–H and O–H groups in total. The molecule has 0 aliphatic carbocycles. The third-order valence-electron chi connectivity index (χ3n) is 2.51. The molecule has 0 radical (unpaired) electrons. The number of nitrogens with one attached hydrogen (secondary N) is 2. The molecule has 0 fully saturated rings. The Hall–Kier alpha value is -1.79. The van der Waals surface area contributed by atoms with Crippen LogP contribution in [0.2, 0.25) is 5.28 Å². The van der Waals surface area contributed by atoms with Gasteiger partial charge in [0.2, 0.25) is 5.28 Å². The Morgan fingerprint density at radius 3 is 2.95 bits per heavy atom. The largest absolute Gasteiger partial charge is 0.444 e. The highest BCUT2D eigenvalue weighted by Gasteiger charge is 2.11. The third kappa shape index (κ3) is 2.50. The lowest BCUT2D eigenvalue weighted by Crippen LogP contribution is -2.10. The first-order valence-electron chi connectivity index (χ1n) is 5.34. The number of fused-ring (bicyclic) bond motifs is 1. The van der Waals surface area contributed by atoms with Crippen molar-refractivity contribution in [3.63, 3.8) is 0 Å². The van der Waals surface area contributed by atoms with Crippen LogP contribution in [0.4, 0.5) is 5.69 Å². The highest BCUT2D eigenvalue weighted by molar-refractivity contribution is 9.10. The van der Waals surface area contributed by atoms with Crippen LogP contribution in [-0.2, 0) is 0 Å². The number of rotatable bonds is 2. The first-order chi connectivity index (χ1) is 9.11. The molecule has 7 heteroatoms. The monoisotopic (exact) mass is 339 g/mol. The normalized spacial score (nSPS) is 10.8. The van der Waals surface area contributed by atoms with Crippen molar-refractivity contribution in [3.8, 4) is 0 Å². The number of aromatic nitrogens is 2. The fourth-order valence-electron chi connectivity index (χ4n) is 1.69. The van der Waals surface area contributed by atoms with Crippen LogP contribution in [0.25, 0.3) is 11.0 Å². The number of hydrogen-bond donors (Lipinski definition) is 2. The van der Waals surface area contributed by atoms with Crippen molar-refractivity contribution < 1.29 is 9.21 Å². The molecule has 3 rings (SSSR count). The van der Waals surface area contributed by atoms with Crippen LogP contribution in [0.15, 0.2) is 39.4 Å². The molecule has 19 heavy (non-hydrogen) atoms. The number of carbonyl (C=O) groups excluding carboxylic acids is 1. The highest BCUT2D eigenvalue weighted by Crippen LogP contribution is 2.20. The minimum absolute atomic E-state index is 0.231. The Bertz CT molecular complexity index is 765. The van der Waals surface area contributed by atoms with Crippen LogP contribution in [0.1, 0.15) is 10.6 Å². The Morgan fingerprint density at radius 2 is 2.21 bits per heavy atom. The van der Waals surface area contributed by atoms with Gasteiger partial charge in [-0.2, -0.15) is 0 Å². The van der Waals surface area contributed by atoms with Gasteiger partial charge in [-0.05, 0) is 57.9 Å². The Morgan fingerprint density at radius 1 is 1.37 bits per heavy atom. The molecular weight excluding hydrogens is 334 g/mol. The van der Waals surface area contributed by atoms with E-state index in [9.17, 15) is 4.79 Å². The molecule has 0 saturated carbocycles. The number of hydrogen-bond acceptors (Lipinski definition) is 3. The van der Waals surface area contributed by atoms with Crippen molar-refractivity contribution in [2.24, 2.45) is 0 Å². The number of furan rings is 1. The minimum atomic E-state index is -0.323. The number of aromatic amines is 1. The first kappa shape index (κ1) is 12.3. The van der Waals surface area contributed by atoms with Gasteiger partial charge in [0.15, 0.2) is 10.4 Å². The summed E-state index contributed by atoms with van der Waals surface area (Å²) in [5, 5.41) is 3.04. The molecule has 0 saturated heterocycles. The summed E-state index contributed by atoms with van der Waals surface area (Å²) in [5.74, 6) is -0.0923. The predicted molar refractivity (Wildman–Crippen MR) is 75.5 cm³/mol. The van der Waals surface area contributed by atoms with Crippen LogP contribution in [0.5, 0.6) is 0 Å². The van der Waals surface area contributed by atoms with E-state index in [2.05, 4.69) is 31.2 Å². The molecule has 2 aromatic heterocycles. The molecule has 0 atom stereocenters. The van der Waals surface area contributed by atoms with Gasteiger partial charge in [0.25, 0.3) is 5.91 Å². The quantitative estimate of drug-likeness (QED) is 0.745. The zero-order valence-corrected chi connectivity index (χ0v) is 11.7. The number of H-pyrrole nitrogens is 1. The van der Waals surface area contributed by atoms with Crippen LogP contribution < -0.4 is 5.32 Å². The summed E-state index contributed by atoms with van der Waals surface area (Å²) in [4.78, 5) is 18.8. The standard InChI is InChI=1S/C12H7BrClN3O2/c13-10-4-3-9(19-10)11(18)15-6-1-2-7-8(5-6)17-12(14)16-7/h1-5H,(H,15,18)(H,16,17). The van der Waals surface area contributed by atoms with E-state index in [0.29, 0.717) is 15.6 Å². The van der Waals surface area contributed by atoms with Gasteiger partial charge in [0.1, 0.15) is 0 Å². The minimum Gasteiger partial charge on any atom is -0.444 e. The zero-order valence-electron chi connectivity index (χ0n) is 9.41. The average molecular weight is 341 g/mol. The van der Waals surface area contributed by atoms with E-state index >= 15 is 0 Å². The highest BCUT2D eigenvalue weighted by atomic mass is 79.9. The van der Waals surface area contributed by atoms with Crippen molar-refractivity contribution in [2.75, 3.05) is 5.32 Å². The van der Waals surface area contributed by atoms with Gasteiger partial charge < -0.3 is 14.7 Å². The number of amides is 1. The molecule has 5 nitrogen and oxygen atoms in total. The lowest BCUT2D eigenvalue weighted by atomic mass is 10.2. The molecule has 0 aliphatic rings. The van der Waals surface area contributed by atoms with Gasteiger partial charge in [-0.1, -0.05) is 0 Å². The van der Waals surface area contributed by atoms with Gasteiger partial charge in [-0.3, -0.25) is 4.79 Å². The second-order valence-electron chi connectivity index (χ2n) is 3.82. The molecule has 2 heterocycles. The van der Waals surface area contributed by atoms with E-state index in [0.717, 1.165) is 11.0 Å². The zero-order chi connectivity index (χ0) is 13.4. The molecule has 1 aromatic carbocycles. The maximum absolute atomic E-state index is 11.9. The smallest absolute Gasteiger partial charge is 0.291 e. The van der Waals surface area contributed by atoms with E-state index in [4.69, 9.17) is 16.0 Å². The van der Waals surface area contributed by atoms with Crippen LogP contribution in [-0.4, -0.2) is 15.9 Å². The second-order valence-corrected chi connectivity index (χ2v) is 4.96. The number of halogens is 2. The van der Waals surface area contributed by atoms with E-state index < -0.39 is 0 Å². The van der Waals surface area contributed by atoms with Crippen LogP contribution in [0.3, 0.4) is 0 Å². The van der Waals surface area contributed by atoms with Crippen molar-refractivity contribution in [2.45, 2.75) is 0 Å². The summed E-state index contributed by atoms with van der Waals surface area (Å²) in [5.41, 5.74) is 2.12. The number of anilines is 1. The second kappa shape index (κ2) is 4.71. The number of carbonyl (C=O) groups is 1. The molecule has 0 spiro atoms. The number of benzene rings is 1. The maximum Gasteiger partial charge on any atom is 0.291 e. The predicted octanol–water partition coefficient (Wildman–Crippen LogP) is 3.82. The molecule has 96 valence electrons. The SMILES string of the molecule is O=C(Nc1ccc2nc(Cl)[nH]c2c1)c1ccc(Br)o1. The van der Waals surface area contributed by atoms with E-state index in [1.54, 1.807) is 30.3 Å². The topological polar surface area (TPSA) is 70.9 Å². The lowest BCUT2D eigenvalue weighted by Gasteiger charge is -2.02. The van der Waals surface area contributed by atoms with E-state index in [1.807, 2.05) is 0 Å². The maximum atomic E-state index is 11.9. The molecule has 0 aliphatic heterocycles. The number of imidazole rings is 1. The summed E-state index contributed by atoms with van der Waals surface area (Å²) < 4.78 is 5.68. The molecule has 0 unspecified atom stereocenters. The molecule has 0 bridgehead atoms. The van der Waals surface area contributed by atoms with Gasteiger partial charge in [-0.25, -0.2) is 4.98 Å². The molecule has 3 aromatic rings. The summed E-state index contributed by atoms with van der Waals surface area (Å²) in [6.45, 7) is 0. The van der Waals surface area contributed by atoms with Gasteiger partial charge in [0, 0.05) is 5.69 Å². The lowest BCUT2D eigenvalue weighted by molar-refractivity contribution is 0.0995. The van der Waals surface area contributed by atoms with Gasteiger partial charge in [-0.15, -0.1) is 0 Å². The average Bonchev–Trinajstić information content (AvgIpc) is 2.93. The van der Waals surface area contributed by atoms with Crippen molar-refractivity contribution in [3.05, 3.63) is 46.0 Å². The van der Waals surface area contributed by atoms with Crippen molar-refractivity contribution >= 4 is 50.2 Å². The van der Waals surface area contributed by atoms with Gasteiger partial charge >= 0.3 is 0 Å². The Kier molecular flexibility index (Phi) is 3.04. The van der Waals surface area contributed by atoms with Crippen LogP contribution in [0, 0.1) is 0 Å². The summed E-state index contributed by atoms with van der Waals surface area (Å²) >= 11 is 8.91.